The van der Waals surface area contributed by atoms with E-state index in [1.54, 1.807) is 21.3 Å². The predicted octanol–water partition coefficient (Wildman–Crippen LogP) is 3.38. The number of rotatable bonds is 10. The molecule has 194 valence electrons. The molecule has 1 saturated heterocycles. The van der Waals surface area contributed by atoms with Crippen molar-refractivity contribution in [3.8, 4) is 17.2 Å². The van der Waals surface area contributed by atoms with Crippen molar-refractivity contribution < 1.29 is 24.1 Å². The van der Waals surface area contributed by atoms with Gasteiger partial charge >= 0.3 is 0 Å². The number of ether oxygens (including phenoxy) is 3. The summed E-state index contributed by atoms with van der Waals surface area (Å²) in [6.45, 7) is 2.86. The van der Waals surface area contributed by atoms with Crippen LogP contribution in [0, 0.1) is 17.8 Å². The number of nitrogens with zero attached hydrogens (tertiary/aromatic N) is 1. The van der Waals surface area contributed by atoms with Gasteiger partial charge in [-0.25, -0.2) is 0 Å². The minimum absolute atomic E-state index is 0.0199. The fourth-order valence-electron chi connectivity index (χ4n) is 6.43. The Bertz CT molecular complexity index is 1030. The van der Waals surface area contributed by atoms with Gasteiger partial charge in [-0.15, -0.1) is 0 Å². The maximum Gasteiger partial charge on any atom is 0.257 e. The van der Waals surface area contributed by atoms with Gasteiger partial charge < -0.3 is 29.5 Å². The molecule has 5 rings (SSSR count). The molecule has 3 unspecified atom stereocenters. The largest absolute Gasteiger partial charge is 0.493 e. The Morgan fingerprint density at radius 1 is 1.00 bits per heavy atom. The number of carbonyl (C=O) groups excluding carboxylic acids is 1. The summed E-state index contributed by atoms with van der Waals surface area (Å²) in [6, 6.07) is 13.7. The molecule has 0 spiro atoms. The summed E-state index contributed by atoms with van der Waals surface area (Å²) in [5.74, 6) is 2.63. The van der Waals surface area contributed by atoms with Gasteiger partial charge in [-0.3, -0.25) is 4.79 Å². The van der Waals surface area contributed by atoms with E-state index in [1.165, 1.54) is 0 Å². The van der Waals surface area contributed by atoms with Crippen LogP contribution in [0.25, 0.3) is 0 Å². The van der Waals surface area contributed by atoms with Gasteiger partial charge in [-0.05, 0) is 54.4 Å². The number of piperidine rings is 1. The fourth-order valence-corrected chi connectivity index (χ4v) is 6.43. The highest BCUT2D eigenvalue weighted by atomic mass is 16.5. The van der Waals surface area contributed by atoms with E-state index in [0.29, 0.717) is 34.6 Å². The smallest absolute Gasteiger partial charge is 0.257 e. The van der Waals surface area contributed by atoms with Crippen LogP contribution in [0.2, 0.25) is 0 Å². The molecule has 1 amide bonds. The summed E-state index contributed by atoms with van der Waals surface area (Å²) in [5.41, 5.74) is 0.410. The lowest BCUT2D eigenvalue weighted by Crippen LogP contribution is -2.51. The summed E-state index contributed by atoms with van der Waals surface area (Å²) in [4.78, 5) is 16.0. The molecule has 7 heteroatoms. The zero-order valence-corrected chi connectivity index (χ0v) is 21.5. The van der Waals surface area contributed by atoms with Crippen LogP contribution in [0.15, 0.2) is 42.5 Å². The molecule has 36 heavy (non-hydrogen) atoms. The van der Waals surface area contributed by atoms with Crippen molar-refractivity contribution in [1.29, 1.82) is 0 Å². The number of hydrogen-bond acceptors (Lipinski definition) is 6. The molecule has 0 radical (unpaired) electrons. The van der Waals surface area contributed by atoms with E-state index < -0.39 is 5.60 Å². The van der Waals surface area contributed by atoms with Crippen LogP contribution >= 0.6 is 0 Å². The minimum atomic E-state index is -1.44. The average Bonchev–Trinajstić information content (AvgIpc) is 3.32. The Morgan fingerprint density at radius 3 is 2.17 bits per heavy atom. The number of likely N-dealkylation sites (tertiary alicyclic amines) is 1. The van der Waals surface area contributed by atoms with Gasteiger partial charge in [0, 0.05) is 31.6 Å². The Labute approximate surface area is 213 Å². The quantitative estimate of drug-likeness (QED) is 0.527. The maximum atomic E-state index is 13.5. The van der Waals surface area contributed by atoms with Gasteiger partial charge in [0.15, 0.2) is 17.1 Å². The number of nitrogens with one attached hydrogen (secondary N) is 1. The molecule has 7 nitrogen and oxygen atoms in total. The van der Waals surface area contributed by atoms with Crippen LogP contribution in [-0.2, 0) is 16.8 Å². The number of benzene rings is 2. The molecular weight excluding hydrogens is 456 g/mol. The summed E-state index contributed by atoms with van der Waals surface area (Å²) < 4.78 is 16.4. The first kappa shape index (κ1) is 24.9. The third kappa shape index (κ3) is 4.55. The molecule has 3 fully saturated rings. The van der Waals surface area contributed by atoms with Gasteiger partial charge in [-0.1, -0.05) is 43.2 Å². The van der Waals surface area contributed by atoms with Crippen LogP contribution < -0.4 is 19.5 Å². The number of amides is 1. The van der Waals surface area contributed by atoms with Crippen LogP contribution in [-0.4, -0.2) is 62.9 Å². The van der Waals surface area contributed by atoms with Crippen LogP contribution in [0.4, 0.5) is 0 Å². The molecule has 2 saturated carbocycles. The molecule has 0 bridgehead atoms. The first-order valence-electron chi connectivity index (χ1n) is 13.1. The number of aliphatic hydroxyl groups is 1. The highest BCUT2D eigenvalue weighted by Gasteiger charge is 2.58. The predicted molar refractivity (Wildman–Crippen MR) is 137 cm³/mol. The summed E-state index contributed by atoms with van der Waals surface area (Å²) in [6.07, 6.45) is 4.81. The van der Waals surface area contributed by atoms with Crippen LogP contribution in [0.1, 0.15) is 36.8 Å². The zero-order valence-electron chi connectivity index (χ0n) is 21.5. The third-order valence-electron chi connectivity index (χ3n) is 8.51. The van der Waals surface area contributed by atoms with E-state index in [-0.39, 0.29) is 17.9 Å². The first-order chi connectivity index (χ1) is 17.5. The summed E-state index contributed by atoms with van der Waals surface area (Å²) >= 11 is 0. The van der Waals surface area contributed by atoms with Crippen molar-refractivity contribution in [1.82, 2.24) is 10.2 Å². The normalized spacial score (nSPS) is 25.2. The first-order valence-corrected chi connectivity index (χ1v) is 13.1. The lowest BCUT2D eigenvalue weighted by Gasteiger charge is -2.33. The third-order valence-corrected chi connectivity index (χ3v) is 8.51. The number of hydrogen-bond donors (Lipinski definition) is 2. The second kappa shape index (κ2) is 10.3. The van der Waals surface area contributed by atoms with Crippen molar-refractivity contribution in [2.75, 3.05) is 41.0 Å². The maximum absolute atomic E-state index is 13.5. The van der Waals surface area contributed by atoms with E-state index in [4.69, 9.17) is 14.2 Å². The van der Waals surface area contributed by atoms with E-state index in [0.717, 1.165) is 57.3 Å². The van der Waals surface area contributed by atoms with Crippen molar-refractivity contribution in [3.63, 3.8) is 0 Å². The Morgan fingerprint density at radius 2 is 1.61 bits per heavy atom. The Hall–Kier alpha value is -2.77. The minimum Gasteiger partial charge on any atom is -0.493 e. The molecule has 3 aliphatic rings. The van der Waals surface area contributed by atoms with Crippen LogP contribution in [0.5, 0.6) is 17.2 Å². The molecule has 2 aromatic carbocycles. The lowest BCUT2D eigenvalue weighted by molar-refractivity contribution is -0.147. The average molecular weight is 495 g/mol. The highest BCUT2D eigenvalue weighted by molar-refractivity contribution is 5.87. The van der Waals surface area contributed by atoms with Crippen molar-refractivity contribution >= 4 is 5.91 Å². The van der Waals surface area contributed by atoms with Crippen molar-refractivity contribution in [2.24, 2.45) is 17.8 Å². The SMILES string of the molecule is COc1cc(CCN2CC3C(NC(=O)C(O)(c4ccccc4)C4CCCC4)[C@H]3C2)cc(OC)c1OC. The Kier molecular flexibility index (Phi) is 7.13. The lowest BCUT2D eigenvalue weighted by atomic mass is 9.79. The standard InChI is InChI=1S/C29H38N2O5/c1-34-24-15-19(16-25(35-2)27(24)36-3)13-14-31-17-22-23(18-31)26(22)30-28(32)29(33,21-11-7-8-12-21)20-9-5-4-6-10-20/h4-6,9-10,15-16,21-23,26,33H,7-8,11-14,17-18H2,1-3H3,(H,30,32)/t22-,23?,26?,29?/m0/s1. The molecule has 2 aromatic rings. The fraction of sp³-hybridized carbons (Fsp3) is 0.552. The topological polar surface area (TPSA) is 80.3 Å². The van der Waals surface area contributed by atoms with E-state index >= 15 is 0 Å². The number of fused-ring (bicyclic) bond motifs is 1. The molecular formula is C29H38N2O5. The van der Waals surface area contributed by atoms with Gasteiger partial charge in [-0.2, -0.15) is 0 Å². The molecule has 2 N–H and O–H groups in total. The monoisotopic (exact) mass is 494 g/mol. The molecule has 4 atom stereocenters. The summed E-state index contributed by atoms with van der Waals surface area (Å²) in [5, 5.41) is 15.0. The van der Waals surface area contributed by atoms with E-state index in [9.17, 15) is 9.90 Å². The second-order valence-electron chi connectivity index (χ2n) is 10.5. The van der Waals surface area contributed by atoms with Crippen molar-refractivity contribution in [3.05, 3.63) is 53.6 Å². The molecule has 1 heterocycles. The van der Waals surface area contributed by atoms with Gasteiger partial charge in [0.25, 0.3) is 5.91 Å². The number of methoxy groups -OCH3 is 3. The van der Waals surface area contributed by atoms with E-state index in [2.05, 4.69) is 10.2 Å². The summed E-state index contributed by atoms with van der Waals surface area (Å²) in [7, 11) is 4.88. The number of carbonyl (C=O) groups is 1. The van der Waals surface area contributed by atoms with Gasteiger partial charge in [0.1, 0.15) is 0 Å². The van der Waals surface area contributed by atoms with E-state index in [1.807, 2.05) is 42.5 Å². The van der Waals surface area contributed by atoms with Crippen LogP contribution in [0.3, 0.4) is 0 Å². The Balaban J connectivity index is 1.17. The molecule has 1 aliphatic heterocycles. The molecule has 2 aliphatic carbocycles. The zero-order chi connectivity index (χ0) is 25.3. The van der Waals surface area contributed by atoms with Gasteiger partial charge in [0.05, 0.1) is 21.3 Å². The van der Waals surface area contributed by atoms with Gasteiger partial charge in [0.2, 0.25) is 5.75 Å². The van der Waals surface area contributed by atoms with Crippen molar-refractivity contribution in [2.45, 2.75) is 43.7 Å². The second-order valence-corrected chi connectivity index (χ2v) is 10.5. The highest BCUT2D eigenvalue weighted by Crippen LogP contribution is 2.47. The molecule has 0 aromatic heterocycles.